The van der Waals surface area contributed by atoms with E-state index in [1.165, 1.54) is 4.90 Å². The summed E-state index contributed by atoms with van der Waals surface area (Å²) in [5, 5.41) is 10.8. The fourth-order valence-corrected chi connectivity index (χ4v) is 3.24. The number of nitrogens with zero attached hydrogens (tertiary/aromatic N) is 3. The number of alkyl halides is 3. The van der Waals surface area contributed by atoms with E-state index in [-0.39, 0.29) is 0 Å². The molecule has 0 aromatic heterocycles. The highest BCUT2D eigenvalue weighted by atomic mass is 19.4. The summed E-state index contributed by atoms with van der Waals surface area (Å²) in [6.07, 6.45) is -4.85. The van der Waals surface area contributed by atoms with Crippen LogP contribution in [0.4, 0.5) is 18.9 Å². The average molecular weight is 453 g/mol. The highest BCUT2D eigenvalue weighted by Gasteiger charge is 2.36. The van der Waals surface area contributed by atoms with Crippen LogP contribution in [0.15, 0.2) is 48.5 Å². The van der Waals surface area contributed by atoms with E-state index in [0.717, 1.165) is 17.9 Å². The van der Waals surface area contributed by atoms with Gasteiger partial charge in [-0.1, -0.05) is 18.2 Å². The number of hydrogen-bond donors (Lipinski definition) is 0. The maximum atomic E-state index is 13.2. The number of nitro benzene ring substituents is 1. The number of hydrogen-bond acceptors (Lipinski definition) is 6. The van der Waals surface area contributed by atoms with Crippen LogP contribution in [0.2, 0.25) is 0 Å². The highest BCUT2D eigenvalue weighted by Crippen LogP contribution is 2.38. The van der Waals surface area contributed by atoms with Crippen molar-refractivity contribution in [1.29, 1.82) is 0 Å². The average Bonchev–Trinajstić information content (AvgIpc) is 2.78. The Balaban J connectivity index is 1.46. The van der Waals surface area contributed by atoms with Crippen molar-refractivity contribution in [2.75, 3.05) is 45.9 Å². The lowest BCUT2D eigenvalue weighted by Crippen LogP contribution is -2.50. The van der Waals surface area contributed by atoms with Crippen molar-refractivity contribution in [1.82, 2.24) is 9.80 Å². The Morgan fingerprint density at radius 3 is 2.34 bits per heavy atom. The molecule has 172 valence electrons. The third kappa shape index (κ3) is 6.33. The summed E-state index contributed by atoms with van der Waals surface area (Å²) in [5.74, 6) is -0.284. The van der Waals surface area contributed by atoms with Crippen molar-refractivity contribution in [2.45, 2.75) is 6.18 Å². The molecule has 2 aromatic rings. The second-order valence-corrected chi connectivity index (χ2v) is 7.11. The van der Waals surface area contributed by atoms with Gasteiger partial charge in [-0.2, -0.15) is 13.2 Å². The first kappa shape index (κ1) is 23.3. The van der Waals surface area contributed by atoms with E-state index in [2.05, 4.69) is 4.90 Å². The molecule has 32 heavy (non-hydrogen) atoms. The van der Waals surface area contributed by atoms with Crippen LogP contribution in [0.1, 0.15) is 5.56 Å². The van der Waals surface area contributed by atoms with Gasteiger partial charge in [-0.05, 0) is 18.2 Å². The van der Waals surface area contributed by atoms with Gasteiger partial charge in [0.2, 0.25) is 0 Å². The van der Waals surface area contributed by atoms with E-state index in [1.807, 2.05) is 30.3 Å². The normalized spacial score (nSPS) is 14.8. The molecule has 8 nitrogen and oxygen atoms in total. The summed E-state index contributed by atoms with van der Waals surface area (Å²) in [5.41, 5.74) is -1.99. The van der Waals surface area contributed by atoms with Crippen molar-refractivity contribution in [3.63, 3.8) is 0 Å². The predicted octanol–water partition coefficient (Wildman–Crippen LogP) is 3.22. The van der Waals surface area contributed by atoms with Crippen LogP contribution in [0.5, 0.6) is 11.5 Å². The molecule has 0 unspecified atom stereocenters. The second-order valence-electron chi connectivity index (χ2n) is 7.11. The number of carbonyl (C=O) groups excluding carboxylic acids is 1. The first-order chi connectivity index (χ1) is 15.2. The molecule has 1 saturated heterocycles. The lowest BCUT2D eigenvalue weighted by atomic mass is 10.1. The van der Waals surface area contributed by atoms with Gasteiger partial charge in [0.15, 0.2) is 6.61 Å². The zero-order valence-corrected chi connectivity index (χ0v) is 17.1. The van der Waals surface area contributed by atoms with E-state index in [4.69, 9.17) is 9.47 Å². The molecule has 0 radical (unpaired) electrons. The summed E-state index contributed by atoms with van der Waals surface area (Å²) in [6.45, 7) is 2.65. The Hall–Kier alpha value is -3.34. The number of para-hydroxylation sites is 1. The molecule has 0 bridgehead atoms. The van der Waals surface area contributed by atoms with Crippen molar-refractivity contribution < 1.29 is 32.4 Å². The van der Waals surface area contributed by atoms with Gasteiger partial charge in [-0.15, -0.1) is 0 Å². The highest BCUT2D eigenvalue weighted by molar-refractivity contribution is 5.78. The molecule has 0 saturated carbocycles. The number of nitro groups is 1. The van der Waals surface area contributed by atoms with Crippen molar-refractivity contribution in [2.24, 2.45) is 0 Å². The first-order valence-corrected chi connectivity index (χ1v) is 9.90. The molecule has 2 aromatic carbocycles. The van der Waals surface area contributed by atoms with Gasteiger partial charge >= 0.3 is 6.18 Å². The van der Waals surface area contributed by atoms with E-state index in [1.54, 1.807) is 0 Å². The third-order valence-corrected chi connectivity index (χ3v) is 4.97. The standard InChI is InChI=1S/C21H22F3N3O5/c22-21(23,24)18-14-16(27(29)30)6-7-19(18)32-15-20(28)26-10-8-25(9-11-26)12-13-31-17-4-2-1-3-5-17/h1-7,14H,8-13,15H2. The van der Waals surface area contributed by atoms with Crippen molar-refractivity contribution in [3.8, 4) is 11.5 Å². The van der Waals surface area contributed by atoms with Gasteiger partial charge in [-0.3, -0.25) is 19.8 Å². The Kier molecular flexibility index (Phi) is 7.52. The summed E-state index contributed by atoms with van der Waals surface area (Å²) in [4.78, 5) is 25.9. The van der Waals surface area contributed by atoms with Gasteiger partial charge in [0, 0.05) is 44.9 Å². The molecule has 1 heterocycles. The van der Waals surface area contributed by atoms with Crippen molar-refractivity contribution in [3.05, 3.63) is 64.2 Å². The quantitative estimate of drug-likeness (QED) is 0.451. The maximum absolute atomic E-state index is 13.2. The monoisotopic (exact) mass is 453 g/mol. The van der Waals surface area contributed by atoms with Crippen LogP contribution in [-0.4, -0.2) is 66.6 Å². The van der Waals surface area contributed by atoms with Crippen LogP contribution in [0.25, 0.3) is 0 Å². The molecule has 1 aliphatic rings. The van der Waals surface area contributed by atoms with Crippen molar-refractivity contribution >= 4 is 11.6 Å². The molecule has 1 amide bonds. The van der Waals surface area contributed by atoms with Gasteiger partial charge < -0.3 is 14.4 Å². The smallest absolute Gasteiger partial charge is 0.420 e. The number of carbonyl (C=O) groups is 1. The topological polar surface area (TPSA) is 85.1 Å². The SMILES string of the molecule is O=C(COc1ccc([N+](=O)[O-])cc1C(F)(F)F)N1CCN(CCOc2ccccc2)CC1. The third-order valence-electron chi connectivity index (χ3n) is 4.97. The molecule has 0 atom stereocenters. The number of piperazine rings is 1. The zero-order chi connectivity index (χ0) is 23.1. The van der Waals surface area contributed by atoms with Gasteiger partial charge in [-0.25, -0.2) is 0 Å². The molecule has 1 fully saturated rings. The van der Waals surface area contributed by atoms with E-state index >= 15 is 0 Å². The number of amides is 1. The summed E-state index contributed by atoms with van der Waals surface area (Å²) >= 11 is 0. The van der Waals surface area contributed by atoms with Gasteiger partial charge in [0.05, 0.1) is 4.92 Å². The summed E-state index contributed by atoms with van der Waals surface area (Å²) < 4.78 is 50.4. The summed E-state index contributed by atoms with van der Waals surface area (Å²) in [7, 11) is 0. The predicted molar refractivity (Wildman–Crippen MR) is 109 cm³/mol. The molecule has 0 spiro atoms. The first-order valence-electron chi connectivity index (χ1n) is 9.90. The molecule has 3 rings (SSSR count). The van der Waals surface area contributed by atoms with Gasteiger partial charge in [0.25, 0.3) is 11.6 Å². The van der Waals surface area contributed by atoms with Crippen LogP contribution >= 0.6 is 0 Å². The zero-order valence-electron chi connectivity index (χ0n) is 17.1. The lowest BCUT2D eigenvalue weighted by Gasteiger charge is -2.34. The minimum atomic E-state index is -4.85. The Labute approximate surface area is 182 Å². The maximum Gasteiger partial charge on any atom is 0.420 e. The Morgan fingerprint density at radius 2 is 1.72 bits per heavy atom. The van der Waals surface area contributed by atoms with E-state index < -0.39 is 40.6 Å². The van der Waals surface area contributed by atoms with Crippen LogP contribution < -0.4 is 9.47 Å². The number of halogens is 3. The summed E-state index contributed by atoms with van der Waals surface area (Å²) in [6, 6.07) is 11.6. The number of non-ortho nitro benzene ring substituents is 1. The fraction of sp³-hybridized carbons (Fsp3) is 0.381. The molecule has 1 aliphatic heterocycles. The second kappa shape index (κ2) is 10.3. The molecule has 11 heteroatoms. The minimum absolute atomic E-state index is 0.399. The lowest BCUT2D eigenvalue weighted by molar-refractivity contribution is -0.385. The van der Waals surface area contributed by atoms with Crippen LogP contribution in [0.3, 0.4) is 0 Å². The van der Waals surface area contributed by atoms with E-state index in [0.29, 0.717) is 45.4 Å². The number of rotatable bonds is 8. The number of benzene rings is 2. The van der Waals surface area contributed by atoms with Crippen LogP contribution in [-0.2, 0) is 11.0 Å². The fourth-order valence-electron chi connectivity index (χ4n) is 3.24. The minimum Gasteiger partial charge on any atom is -0.492 e. The Morgan fingerprint density at radius 1 is 1.03 bits per heavy atom. The molecule has 0 aliphatic carbocycles. The van der Waals surface area contributed by atoms with Crippen LogP contribution in [0, 0.1) is 10.1 Å². The molecular formula is C21H22F3N3O5. The van der Waals surface area contributed by atoms with Gasteiger partial charge in [0.1, 0.15) is 23.7 Å². The molecular weight excluding hydrogens is 431 g/mol. The largest absolute Gasteiger partial charge is 0.492 e. The molecule has 0 N–H and O–H groups in total. The number of ether oxygens (including phenoxy) is 2. The Bertz CT molecular complexity index is 932. The van der Waals surface area contributed by atoms with E-state index in [9.17, 15) is 28.1 Å².